The van der Waals surface area contributed by atoms with Gasteiger partial charge in [-0.25, -0.2) is 14.0 Å². The molecule has 3 aromatic rings. The van der Waals surface area contributed by atoms with Crippen molar-refractivity contribution in [1.29, 1.82) is 0 Å². The minimum Gasteiger partial charge on any atom is -0.457 e. The van der Waals surface area contributed by atoms with Crippen LogP contribution in [0.25, 0.3) is 10.9 Å². The molecule has 280 valence electrons. The van der Waals surface area contributed by atoms with Crippen LogP contribution in [0.5, 0.6) is 5.75 Å². The Morgan fingerprint density at radius 1 is 1.08 bits per heavy atom. The number of aryl methyl sites for hydroxylation is 2. The molecule has 1 aliphatic carbocycles. The summed E-state index contributed by atoms with van der Waals surface area (Å²) < 4.78 is 28.7. The van der Waals surface area contributed by atoms with Crippen molar-refractivity contribution in [3.05, 3.63) is 68.8 Å². The minimum atomic E-state index is -0.944. The summed E-state index contributed by atoms with van der Waals surface area (Å²) in [7, 11) is 0. The Morgan fingerprint density at radius 2 is 1.77 bits per heavy atom. The number of pyridine rings is 1. The second kappa shape index (κ2) is 17.4. The molecular weight excluding hydrogens is 690 g/mol. The third-order valence-corrected chi connectivity index (χ3v) is 9.96. The Labute approximate surface area is 307 Å². The number of halogens is 1. The molecule has 2 aliphatic rings. The lowest BCUT2D eigenvalue weighted by atomic mass is 10.0. The highest BCUT2D eigenvalue weighted by Gasteiger charge is 2.30. The first-order chi connectivity index (χ1) is 24.9. The number of benzene rings is 2. The third-order valence-electron chi connectivity index (χ3n) is 9.32. The number of nitrogens with zero attached hydrogens (tertiary/aromatic N) is 2. The summed E-state index contributed by atoms with van der Waals surface area (Å²) in [6.07, 6.45) is 6.43. The zero-order valence-electron chi connectivity index (χ0n) is 30.4. The van der Waals surface area contributed by atoms with E-state index >= 15 is 4.39 Å². The van der Waals surface area contributed by atoms with Crippen LogP contribution in [-0.2, 0) is 25.7 Å². The Balaban J connectivity index is 1.30. The number of thioether (sulfide) groups is 1. The highest BCUT2D eigenvalue weighted by molar-refractivity contribution is 7.98. The zero-order chi connectivity index (χ0) is 37.5. The first-order valence-electron chi connectivity index (χ1n) is 17.7. The summed E-state index contributed by atoms with van der Waals surface area (Å²) in [5, 5.41) is 8.68. The predicted molar refractivity (Wildman–Crippen MR) is 200 cm³/mol. The Kier molecular flexibility index (Phi) is 13.0. The fraction of sp³-hybridized carbons (Fsp3) is 0.500. The molecule has 2 aromatic carbocycles. The van der Waals surface area contributed by atoms with Gasteiger partial charge in [0.15, 0.2) is 0 Å². The minimum absolute atomic E-state index is 0.0607. The quantitative estimate of drug-likeness (QED) is 0.111. The largest absolute Gasteiger partial charge is 0.457 e. The molecule has 2 fully saturated rings. The van der Waals surface area contributed by atoms with Crippen molar-refractivity contribution in [2.45, 2.75) is 78.1 Å². The highest BCUT2D eigenvalue weighted by atomic mass is 32.2. The molecule has 3 N–H and O–H groups in total. The number of fused-ring (bicyclic) bond motifs is 1. The number of ether oxygens (including phenoxy) is 2. The molecule has 1 saturated heterocycles. The second-order valence-corrected chi connectivity index (χ2v) is 14.9. The van der Waals surface area contributed by atoms with Crippen molar-refractivity contribution < 1.29 is 33.0 Å². The molecule has 1 aromatic heterocycles. The number of anilines is 1. The van der Waals surface area contributed by atoms with Gasteiger partial charge in [-0.1, -0.05) is 13.8 Å². The third kappa shape index (κ3) is 9.32. The van der Waals surface area contributed by atoms with Gasteiger partial charge in [0.25, 0.3) is 0 Å². The van der Waals surface area contributed by atoms with E-state index in [0.29, 0.717) is 71.7 Å². The molecule has 0 bridgehead atoms. The van der Waals surface area contributed by atoms with Crippen LogP contribution in [0.15, 0.2) is 35.3 Å². The Morgan fingerprint density at radius 3 is 2.38 bits per heavy atom. The van der Waals surface area contributed by atoms with E-state index < -0.39 is 41.2 Å². The SMILES string of the molecule is CSCCC(NC=O)C(=O)NC(CC(C)C)C(=O)Oc1c(C)cc(COC(=O)c2cn(C3CC3)c3cc(N4CCNCC4)c(F)cc3c2=O)cc1C. The van der Waals surface area contributed by atoms with Gasteiger partial charge in [0, 0.05) is 43.8 Å². The molecule has 2 heterocycles. The fourth-order valence-corrected chi connectivity index (χ4v) is 7.03. The van der Waals surface area contributed by atoms with Gasteiger partial charge in [0.2, 0.25) is 17.7 Å². The monoisotopic (exact) mass is 737 g/mol. The lowest BCUT2D eigenvalue weighted by Gasteiger charge is -2.30. The predicted octanol–water partition coefficient (Wildman–Crippen LogP) is 4.16. The average Bonchev–Trinajstić information content (AvgIpc) is 3.96. The number of aromatic nitrogens is 1. The van der Waals surface area contributed by atoms with Gasteiger partial charge >= 0.3 is 11.9 Å². The van der Waals surface area contributed by atoms with E-state index in [1.54, 1.807) is 43.8 Å². The number of hydrogen-bond acceptors (Lipinski definition) is 10. The van der Waals surface area contributed by atoms with Crippen LogP contribution < -0.4 is 31.0 Å². The standard InChI is InChI=1S/C38H48FN5O7S/c1-22(2)14-31(42-36(47)30(41-21-45)8-13-52-5)38(49)51-35-23(3)15-25(16-24(35)4)20-50-37(48)28-19-44(26-6-7-26)32-18-33(43-11-9-40-10-12-43)29(39)17-27(32)34(28)46/h15-19,21-22,26,30-31,40H,6-14,20H2,1-5H3,(H,41,45)(H,42,47). The van der Waals surface area contributed by atoms with Crippen LogP contribution in [0.2, 0.25) is 0 Å². The number of esters is 2. The van der Waals surface area contributed by atoms with Gasteiger partial charge in [-0.3, -0.25) is 14.4 Å². The first-order valence-corrected chi connectivity index (χ1v) is 19.1. The first kappa shape index (κ1) is 38.8. The van der Waals surface area contributed by atoms with Crippen LogP contribution in [-0.4, -0.2) is 79.1 Å². The number of carbonyl (C=O) groups is 4. The summed E-state index contributed by atoms with van der Waals surface area (Å²) in [6.45, 7) is 9.99. The summed E-state index contributed by atoms with van der Waals surface area (Å²) >= 11 is 1.54. The number of hydrogen-bond donors (Lipinski definition) is 3. The molecule has 2 amide bonds. The molecule has 1 aliphatic heterocycles. The number of piperazine rings is 1. The molecule has 14 heteroatoms. The molecule has 2 unspecified atom stereocenters. The topological polar surface area (TPSA) is 148 Å². The summed E-state index contributed by atoms with van der Waals surface area (Å²) in [6, 6.07) is 4.79. The molecule has 5 rings (SSSR count). The van der Waals surface area contributed by atoms with Crippen molar-refractivity contribution in [3.63, 3.8) is 0 Å². The van der Waals surface area contributed by atoms with Crippen molar-refractivity contribution in [3.8, 4) is 5.75 Å². The van der Waals surface area contributed by atoms with Crippen molar-refractivity contribution >= 4 is 52.6 Å². The highest BCUT2D eigenvalue weighted by Crippen LogP contribution is 2.38. The summed E-state index contributed by atoms with van der Waals surface area (Å²) in [5.74, 6) is -1.39. The van der Waals surface area contributed by atoms with Crippen LogP contribution >= 0.6 is 11.8 Å². The maximum Gasteiger partial charge on any atom is 0.343 e. The Hall–Kier alpha value is -4.43. The van der Waals surface area contributed by atoms with E-state index in [1.165, 1.54) is 12.3 Å². The normalized spacial score (nSPS) is 15.6. The van der Waals surface area contributed by atoms with Gasteiger partial charge in [0.05, 0.1) is 11.2 Å². The maximum absolute atomic E-state index is 15.4. The van der Waals surface area contributed by atoms with Gasteiger partial charge in [-0.05, 0) is 98.4 Å². The molecule has 2 atom stereocenters. The van der Waals surface area contributed by atoms with E-state index in [1.807, 2.05) is 29.6 Å². The van der Waals surface area contributed by atoms with Gasteiger partial charge in [0.1, 0.15) is 35.8 Å². The van der Waals surface area contributed by atoms with E-state index in [-0.39, 0.29) is 29.5 Å². The smallest absolute Gasteiger partial charge is 0.343 e. The molecule has 1 saturated carbocycles. The number of rotatable bonds is 16. The molecule has 0 radical (unpaired) electrons. The summed E-state index contributed by atoms with van der Waals surface area (Å²) in [4.78, 5) is 66.4. The van der Waals surface area contributed by atoms with Crippen LogP contribution in [0, 0.1) is 25.6 Å². The van der Waals surface area contributed by atoms with E-state index in [4.69, 9.17) is 9.47 Å². The Bertz CT molecular complexity index is 1850. The number of carbonyl (C=O) groups excluding carboxylic acids is 4. The van der Waals surface area contributed by atoms with Crippen molar-refractivity contribution in [2.75, 3.05) is 43.1 Å². The van der Waals surface area contributed by atoms with Crippen molar-refractivity contribution in [2.24, 2.45) is 5.92 Å². The van der Waals surface area contributed by atoms with Gasteiger partial charge < -0.3 is 34.9 Å². The van der Waals surface area contributed by atoms with Crippen molar-refractivity contribution in [1.82, 2.24) is 20.5 Å². The number of nitrogens with one attached hydrogen (secondary N) is 3. The maximum atomic E-state index is 15.4. The van der Waals surface area contributed by atoms with Gasteiger partial charge in [-0.2, -0.15) is 11.8 Å². The number of amides is 2. The molecule has 0 spiro atoms. The lowest BCUT2D eigenvalue weighted by Crippen LogP contribution is -2.51. The van der Waals surface area contributed by atoms with E-state index in [9.17, 15) is 24.0 Å². The summed E-state index contributed by atoms with van der Waals surface area (Å²) in [5.41, 5.74) is 2.11. The average molecular weight is 738 g/mol. The van der Waals surface area contributed by atoms with E-state index in [0.717, 1.165) is 25.9 Å². The second-order valence-electron chi connectivity index (χ2n) is 13.9. The van der Waals surface area contributed by atoms with E-state index in [2.05, 4.69) is 16.0 Å². The molecule has 12 nitrogen and oxygen atoms in total. The van der Waals surface area contributed by atoms with Gasteiger partial charge in [-0.15, -0.1) is 0 Å². The van der Waals surface area contributed by atoms with Crippen LogP contribution in [0.3, 0.4) is 0 Å². The fourth-order valence-electron chi connectivity index (χ4n) is 6.56. The lowest BCUT2D eigenvalue weighted by molar-refractivity contribution is -0.140. The van der Waals surface area contributed by atoms with Crippen LogP contribution in [0.1, 0.15) is 72.6 Å². The molecular formula is C38H48FN5O7S. The zero-order valence-corrected chi connectivity index (χ0v) is 31.2. The van der Waals surface area contributed by atoms with Crippen LogP contribution in [0.4, 0.5) is 10.1 Å². The molecule has 52 heavy (non-hydrogen) atoms.